The molecular formula is C31H36Ti. The third kappa shape index (κ3) is 4.49. The molecule has 0 radical (unpaired) electrons. The van der Waals surface area contributed by atoms with E-state index in [0.717, 1.165) is 0 Å². The van der Waals surface area contributed by atoms with Crippen molar-refractivity contribution in [3.63, 3.8) is 0 Å². The number of hydrogen-bond acceptors (Lipinski definition) is 0. The van der Waals surface area contributed by atoms with E-state index in [9.17, 15) is 0 Å². The maximum absolute atomic E-state index is 2.74. The summed E-state index contributed by atoms with van der Waals surface area (Å²) in [5, 5.41) is 0. The van der Waals surface area contributed by atoms with E-state index < -0.39 is 16.6 Å². The van der Waals surface area contributed by atoms with Gasteiger partial charge in [-0.05, 0) is 0 Å². The molecule has 32 heavy (non-hydrogen) atoms. The van der Waals surface area contributed by atoms with Crippen LogP contribution in [0.4, 0.5) is 0 Å². The van der Waals surface area contributed by atoms with Gasteiger partial charge in [-0.15, -0.1) is 0 Å². The van der Waals surface area contributed by atoms with Gasteiger partial charge in [0.25, 0.3) is 0 Å². The van der Waals surface area contributed by atoms with Crippen molar-refractivity contribution in [2.45, 2.75) is 48.8 Å². The quantitative estimate of drug-likeness (QED) is 0.313. The zero-order chi connectivity index (χ0) is 22.8. The van der Waals surface area contributed by atoms with Crippen LogP contribution in [0.5, 0.6) is 0 Å². The molecule has 1 heteroatoms. The van der Waals surface area contributed by atoms with E-state index >= 15 is 0 Å². The predicted octanol–water partition coefficient (Wildman–Crippen LogP) is 8.39. The second-order valence-electron chi connectivity index (χ2n) is 10.1. The maximum atomic E-state index is 2.48. The van der Waals surface area contributed by atoms with Crippen molar-refractivity contribution in [3.8, 4) is 0 Å². The molecule has 0 atom stereocenters. The minimum absolute atomic E-state index is 0.131. The molecule has 164 valence electrons. The van der Waals surface area contributed by atoms with Crippen LogP contribution in [0.3, 0.4) is 0 Å². The summed E-state index contributed by atoms with van der Waals surface area (Å²) in [5.41, 5.74) is 9.29. The molecular weight excluding hydrogens is 420 g/mol. The number of allylic oxidation sites excluding steroid dienone is 4. The molecule has 1 aliphatic carbocycles. The predicted molar refractivity (Wildman–Crippen MR) is 135 cm³/mol. The normalized spacial score (nSPS) is 16.0. The second-order valence-corrected chi connectivity index (χ2v) is 16.6. The van der Waals surface area contributed by atoms with Gasteiger partial charge in [0.1, 0.15) is 0 Å². The molecule has 0 aliphatic heterocycles. The molecule has 1 aliphatic rings. The van der Waals surface area contributed by atoms with Crippen LogP contribution in [0.25, 0.3) is 0 Å². The van der Waals surface area contributed by atoms with Crippen LogP contribution in [-0.4, -0.2) is 0 Å². The Kier molecular flexibility index (Phi) is 6.75. The van der Waals surface area contributed by atoms with Crippen LogP contribution < -0.4 is 0 Å². The third-order valence-electron chi connectivity index (χ3n) is 7.75. The summed E-state index contributed by atoms with van der Waals surface area (Å²) in [6, 6.07) is 33.8. The Morgan fingerprint density at radius 2 is 0.875 bits per heavy atom. The zero-order valence-corrected chi connectivity index (χ0v) is 21.8. The number of hydrogen-bond donors (Lipinski definition) is 0. The molecule has 3 aromatic rings. The molecule has 0 spiro atoms. The Morgan fingerprint density at radius 3 is 1.16 bits per heavy atom. The monoisotopic (exact) mass is 456 g/mol. The van der Waals surface area contributed by atoms with E-state index in [4.69, 9.17) is 0 Å². The molecule has 0 heterocycles. The molecule has 0 bridgehead atoms. The number of benzene rings is 3. The zero-order valence-electron chi connectivity index (χ0n) is 20.3. The topological polar surface area (TPSA) is 0 Å². The first-order valence-corrected chi connectivity index (χ1v) is 15.9. The van der Waals surface area contributed by atoms with Gasteiger partial charge < -0.3 is 0 Å². The second kappa shape index (κ2) is 9.38. The number of rotatable bonds is 7. The van der Waals surface area contributed by atoms with Gasteiger partial charge in [0.05, 0.1) is 0 Å². The van der Waals surface area contributed by atoms with E-state index in [0.29, 0.717) is 0 Å². The average Bonchev–Trinajstić information content (AvgIpc) is 2.95. The van der Waals surface area contributed by atoms with Crippen LogP contribution in [0.15, 0.2) is 112 Å². The summed E-state index contributed by atoms with van der Waals surface area (Å²) >= 11 is -2.74. The molecule has 0 amide bonds. The molecule has 0 fully saturated rings. The van der Waals surface area contributed by atoms with Crippen molar-refractivity contribution in [1.82, 2.24) is 0 Å². The average molecular weight is 456 g/mol. The van der Waals surface area contributed by atoms with Crippen molar-refractivity contribution in [3.05, 3.63) is 128 Å². The van der Waals surface area contributed by atoms with Crippen LogP contribution in [-0.2, 0) is 30.8 Å². The molecule has 0 saturated carbocycles. The molecule has 0 aromatic heterocycles. The van der Waals surface area contributed by atoms with Crippen molar-refractivity contribution in [2.75, 3.05) is 0 Å². The van der Waals surface area contributed by atoms with Gasteiger partial charge in [0.15, 0.2) is 0 Å². The molecule has 0 nitrogen and oxygen atoms in total. The summed E-state index contributed by atoms with van der Waals surface area (Å²) in [5.74, 6) is 0. The Morgan fingerprint density at radius 1 is 0.531 bits per heavy atom. The summed E-state index contributed by atoms with van der Waals surface area (Å²) in [4.78, 5) is 0. The SMILES string of the molecule is CC1=C(C)C(C)(C)[C]([Ti]([CH2]c2ccccc2)([CH2]c2ccccc2)[CH2]c2ccccc2)=C1C. The van der Waals surface area contributed by atoms with Crippen molar-refractivity contribution >= 4 is 0 Å². The van der Waals surface area contributed by atoms with Gasteiger partial charge in [-0.25, -0.2) is 0 Å². The van der Waals surface area contributed by atoms with E-state index in [2.05, 4.69) is 126 Å². The Bertz CT molecular complexity index is 1020. The van der Waals surface area contributed by atoms with Gasteiger partial charge >= 0.3 is 199 Å². The van der Waals surface area contributed by atoms with Gasteiger partial charge in [0.2, 0.25) is 0 Å². The summed E-state index contributed by atoms with van der Waals surface area (Å²) in [7, 11) is 0. The van der Waals surface area contributed by atoms with Gasteiger partial charge in [-0.2, -0.15) is 0 Å². The first-order valence-electron chi connectivity index (χ1n) is 11.9. The van der Waals surface area contributed by atoms with Crippen LogP contribution in [0, 0.1) is 5.41 Å². The standard InChI is InChI=1S/C10H15.3C7H7.Ti/c1-7-6-10(4,5)9(3)8(7)2;3*1-7-5-3-2-4-6-7;/h1-5H3;3*2-6H,1H2;. The Hall–Kier alpha value is -2.15. The summed E-state index contributed by atoms with van der Waals surface area (Å²) < 4.78 is 5.48. The summed E-state index contributed by atoms with van der Waals surface area (Å²) in [6.07, 6.45) is 0. The fourth-order valence-corrected chi connectivity index (χ4v) is 16.1. The van der Waals surface area contributed by atoms with Gasteiger partial charge in [0, 0.05) is 0 Å². The Balaban J connectivity index is 1.94. The van der Waals surface area contributed by atoms with E-state index in [1.54, 1.807) is 11.1 Å². The van der Waals surface area contributed by atoms with E-state index in [1.807, 2.05) is 3.88 Å². The fraction of sp³-hybridized carbons (Fsp3) is 0.290. The third-order valence-corrected chi connectivity index (χ3v) is 16.0. The molecule has 0 saturated heterocycles. The van der Waals surface area contributed by atoms with Crippen molar-refractivity contribution in [1.29, 1.82) is 0 Å². The fourth-order valence-electron chi connectivity index (χ4n) is 6.07. The van der Waals surface area contributed by atoms with Crippen LogP contribution in [0.2, 0.25) is 0 Å². The van der Waals surface area contributed by atoms with E-state index in [1.165, 1.54) is 36.4 Å². The summed E-state index contributed by atoms with van der Waals surface area (Å²) in [6.45, 7) is 12.1. The van der Waals surface area contributed by atoms with Gasteiger partial charge in [-0.1, -0.05) is 0 Å². The van der Waals surface area contributed by atoms with Gasteiger partial charge in [-0.3, -0.25) is 0 Å². The minimum atomic E-state index is -2.74. The van der Waals surface area contributed by atoms with Crippen LogP contribution in [0.1, 0.15) is 51.3 Å². The van der Waals surface area contributed by atoms with Crippen molar-refractivity contribution in [2.24, 2.45) is 5.41 Å². The first kappa shape index (κ1) is 23.0. The van der Waals surface area contributed by atoms with Crippen molar-refractivity contribution < 1.29 is 16.6 Å². The van der Waals surface area contributed by atoms with Crippen LogP contribution >= 0.6 is 0 Å². The van der Waals surface area contributed by atoms with E-state index in [-0.39, 0.29) is 5.41 Å². The molecule has 3 aromatic carbocycles. The molecule has 4 rings (SSSR count). The Labute approximate surface area is 198 Å². The first-order chi connectivity index (χ1) is 15.3. The molecule has 0 unspecified atom stereocenters. The molecule has 0 N–H and O–H groups in total.